The molecule has 0 amide bonds. The van der Waals surface area contributed by atoms with Gasteiger partial charge in [0, 0.05) is 38.1 Å². The Balaban J connectivity index is 2.02. The Morgan fingerprint density at radius 1 is 1.41 bits per heavy atom. The molecule has 0 saturated carbocycles. The van der Waals surface area contributed by atoms with Gasteiger partial charge in [-0.15, -0.1) is 0 Å². The molecule has 1 aromatic heterocycles. The molecule has 1 unspecified atom stereocenters. The predicted octanol–water partition coefficient (Wildman–Crippen LogP) is 0.969. The van der Waals surface area contributed by atoms with Crippen LogP contribution in [0.3, 0.4) is 0 Å². The summed E-state index contributed by atoms with van der Waals surface area (Å²) in [6, 6.07) is 5.28. The van der Waals surface area contributed by atoms with Gasteiger partial charge in [0.1, 0.15) is 6.04 Å². The van der Waals surface area contributed by atoms with Gasteiger partial charge in [-0.3, -0.25) is 4.79 Å². The molecule has 0 aliphatic carbocycles. The van der Waals surface area contributed by atoms with E-state index in [1.807, 2.05) is 25.4 Å². The third-order valence-corrected chi connectivity index (χ3v) is 4.17. The normalized spacial score (nSPS) is 16.9. The first-order valence-corrected chi connectivity index (χ1v) is 7.46. The van der Waals surface area contributed by atoms with Gasteiger partial charge in [0.25, 0.3) is 0 Å². The van der Waals surface area contributed by atoms with Crippen LogP contribution in [-0.4, -0.2) is 48.0 Å². The SMILES string of the molecule is Cn1cc(CC(N)C(=O)O)c2cccc(N3CCOCC3)c21. The van der Waals surface area contributed by atoms with Gasteiger partial charge < -0.3 is 25.0 Å². The monoisotopic (exact) mass is 303 g/mol. The molecule has 2 heterocycles. The molecule has 1 fully saturated rings. The highest BCUT2D eigenvalue weighted by atomic mass is 16.5. The molecule has 22 heavy (non-hydrogen) atoms. The molecule has 6 nitrogen and oxygen atoms in total. The Bertz CT molecular complexity index is 689. The molecule has 0 spiro atoms. The smallest absolute Gasteiger partial charge is 0.320 e. The number of benzene rings is 1. The van der Waals surface area contributed by atoms with E-state index in [1.54, 1.807) is 0 Å². The number of aromatic nitrogens is 1. The van der Waals surface area contributed by atoms with Crippen LogP contribution >= 0.6 is 0 Å². The number of aliphatic carboxylic acids is 1. The number of carboxylic acids is 1. The molecule has 2 aromatic rings. The molecule has 1 aliphatic rings. The van der Waals surface area contributed by atoms with Crippen LogP contribution < -0.4 is 10.6 Å². The summed E-state index contributed by atoms with van der Waals surface area (Å²) in [6.07, 6.45) is 2.32. The number of ether oxygens (including phenoxy) is 1. The molecular formula is C16H21N3O3. The van der Waals surface area contributed by atoms with Crippen LogP contribution in [0.25, 0.3) is 10.9 Å². The quantitative estimate of drug-likeness (QED) is 0.879. The van der Waals surface area contributed by atoms with Crippen molar-refractivity contribution in [3.63, 3.8) is 0 Å². The number of carboxylic acid groups (broad SMARTS) is 1. The molecule has 0 bridgehead atoms. The predicted molar refractivity (Wildman–Crippen MR) is 85.3 cm³/mol. The summed E-state index contributed by atoms with van der Waals surface area (Å²) in [6.45, 7) is 3.21. The lowest BCUT2D eigenvalue weighted by Gasteiger charge is -2.29. The standard InChI is InChI=1S/C16H21N3O3/c1-18-10-11(9-13(17)16(20)21)12-3-2-4-14(15(12)18)19-5-7-22-8-6-19/h2-4,10,13H,5-9,17H2,1H3,(H,20,21). The lowest BCUT2D eigenvalue weighted by Crippen LogP contribution is -2.36. The summed E-state index contributed by atoms with van der Waals surface area (Å²) in [7, 11) is 1.99. The first-order chi connectivity index (χ1) is 10.6. The second-order valence-corrected chi connectivity index (χ2v) is 5.69. The third kappa shape index (κ3) is 2.67. The van der Waals surface area contributed by atoms with Gasteiger partial charge >= 0.3 is 5.97 Å². The number of hydrogen-bond acceptors (Lipinski definition) is 4. The topological polar surface area (TPSA) is 80.7 Å². The van der Waals surface area contributed by atoms with Gasteiger partial charge in [-0.1, -0.05) is 12.1 Å². The number of anilines is 1. The van der Waals surface area contributed by atoms with Crippen molar-refractivity contribution >= 4 is 22.6 Å². The zero-order valence-electron chi connectivity index (χ0n) is 12.7. The van der Waals surface area contributed by atoms with Crippen molar-refractivity contribution in [1.82, 2.24) is 4.57 Å². The molecule has 118 valence electrons. The molecule has 0 radical (unpaired) electrons. The average molecular weight is 303 g/mol. The van der Waals surface area contributed by atoms with Crippen LogP contribution in [0.5, 0.6) is 0 Å². The average Bonchev–Trinajstić information content (AvgIpc) is 2.84. The van der Waals surface area contributed by atoms with E-state index in [0.717, 1.165) is 42.8 Å². The van der Waals surface area contributed by atoms with E-state index in [1.165, 1.54) is 5.69 Å². The molecular weight excluding hydrogens is 282 g/mol. The van der Waals surface area contributed by atoms with Crippen LogP contribution in [-0.2, 0) is 23.0 Å². The summed E-state index contributed by atoms with van der Waals surface area (Å²) >= 11 is 0. The van der Waals surface area contributed by atoms with Crippen molar-refractivity contribution < 1.29 is 14.6 Å². The largest absolute Gasteiger partial charge is 0.480 e. The highest BCUT2D eigenvalue weighted by Gasteiger charge is 2.20. The molecule has 3 rings (SSSR count). The lowest BCUT2D eigenvalue weighted by molar-refractivity contribution is -0.138. The number of nitrogens with zero attached hydrogens (tertiary/aromatic N) is 2. The van der Waals surface area contributed by atoms with E-state index in [-0.39, 0.29) is 0 Å². The van der Waals surface area contributed by atoms with Crippen molar-refractivity contribution in [2.75, 3.05) is 31.2 Å². The number of carbonyl (C=O) groups is 1. The Hall–Kier alpha value is -2.05. The van der Waals surface area contributed by atoms with Gasteiger partial charge in [0.15, 0.2) is 0 Å². The highest BCUT2D eigenvalue weighted by Crippen LogP contribution is 2.31. The number of rotatable bonds is 4. The number of aryl methyl sites for hydroxylation is 1. The minimum Gasteiger partial charge on any atom is -0.480 e. The van der Waals surface area contributed by atoms with Crippen molar-refractivity contribution in [2.45, 2.75) is 12.5 Å². The van der Waals surface area contributed by atoms with Gasteiger partial charge in [0.05, 0.1) is 24.4 Å². The molecule has 1 atom stereocenters. The zero-order valence-corrected chi connectivity index (χ0v) is 12.7. The maximum atomic E-state index is 11.0. The first kappa shape index (κ1) is 14.9. The van der Waals surface area contributed by atoms with Crippen LogP contribution in [0.1, 0.15) is 5.56 Å². The maximum Gasteiger partial charge on any atom is 0.320 e. The first-order valence-electron chi connectivity index (χ1n) is 7.46. The second-order valence-electron chi connectivity index (χ2n) is 5.69. The molecule has 1 aliphatic heterocycles. The van der Waals surface area contributed by atoms with E-state index in [4.69, 9.17) is 15.6 Å². The number of morpholine rings is 1. The van der Waals surface area contributed by atoms with Crippen molar-refractivity contribution in [3.05, 3.63) is 30.0 Å². The summed E-state index contributed by atoms with van der Waals surface area (Å²) in [5.74, 6) is -0.971. The fourth-order valence-corrected chi connectivity index (χ4v) is 3.08. The Morgan fingerprint density at radius 2 is 2.14 bits per heavy atom. The Labute approximate surface area is 129 Å². The minimum absolute atomic E-state index is 0.333. The van der Waals surface area contributed by atoms with Crippen LogP contribution in [0.4, 0.5) is 5.69 Å². The van der Waals surface area contributed by atoms with E-state index >= 15 is 0 Å². The van der Waals surface area contributed by atoms with E-state index < -0.39 is 12.0 Å². The van der Waals surface area contributed by atoms with Crippen LogP contribution in [0.2, 0.25) is 0 Å². The van der Waals surface area contributed by atoms with Gasteiger partial charge in [0.2, 0.25) is 0 Å². The van der Waals surface area contributed by atoms with Crippen LogP contribution in [0.15, 0.2) is 24.4 Å². The molecule has 1 saturated heterocycles. The summed E-state index contributed by atoms with van der Waals surface area (Å²) < 4.78 is 7.48. The zero-order chi connectivity index (χ0) is 15.7. The fourth-order valence-electron chi connectivity index (χ4n) is 3.08. The van der Waals surface area contributed by atoms with Gasteiger partial charge in [-0.25, -0.2) is 0 Å². The third-order valence-electron chi connectivity index (χ3n) is 4.17. The number of hydrogen-bond donors (Lipinski definition) is 2. The van der Waals surface area contributed by atoms with E-state index in [9.17, 15) is 4.79 Å². The molecule has 3 N–H and O–H groups in total. The second kappa shape index (κ2) is 5.98. The summed E-state index contributed by atoms with van der Waals surface area (Å²) in [4.78, 5) is 13.3. The number of fused-ring (bicyclic) bond motifs is 1. The van der Waals surface area contributed by atoms with Crippen molar-refractivity contribution in [3.8, 4) is 0 Å². The van der Waals surface area contributed by atoms with Gasteiger partial charge in [-0.2, -0.15) is 0 Å². The van der Waals surface area contributed by atoms with Crippen LogP contribution in [0, 0.1) is 0 Å². The maximum absolute atomic E-state index is 11.0. The Kier molecular flexibility index (Phi) is 4.04. The molecule has 1 aromatic carbocycles. The highest BCUT2D eigenvalue weighted by molar-refractivity contribution is 5.95. The lowest BCUT2D eigenvalue weighted by atomic mass is 10.0. The van der Waals surface area contributed by atoms with E-state index in [0.29, 0.717) is 6.42 Å². The van der Waals surface area contributed by atoms with Crippen molar-refractivity contribution in [1.29, 1.82) is 0 Å². The number of para-hydroxylation sites is 1. The van der Waals surface area contributed by atoms with E-state index in [2.05, 4.69) is 15.5 Å². The Morgan fingerprint density at radius 3 is 2.82 bits per heavy atom. The van der Waals surface area contributed by atoms with Crippen molar-refractivity contribution in [2.24, 2.45) is 12.8 Å². The van der Waals surface area contributed by atoms with Gasteiger partial charge in [-0.05, 0) is 11.6 Å². The summed E-state index contributed by atoms with van der Waals surface area (Å²) in [5, 5.41) is 10.1. The fraction of sp³-hybridized carbons (Fsp3) is 0.438. The minimum atomic E-state index is -0.971. The summed E-state index contributed by atoms with van der Waals surface area (Å²) in [5.41, 5.74) is 8.96. The molecule has 6 heteroatoms. The number of nitrogens with two attached hydrogens (primary N) is 1.